The Labute approximate surface area is 190 Å². The fourth-order valence-corrected chi connectivity index (χ4v) is 3.86. The normalized spacial score (nSPS) is 11.3. The molecule has 0 fully saturated rings. The van der Waals surface area contributed by atoms with E-state index in [4.69, 9.17) is 0 Å². The van der Waals surface area contributed by atoms with Crippen molar-refractivity contribution in [3.05, 3.63) is 92.3 Å². The monoisotopic (exact) mass is 449 g/mol. The lowest BCUT2D eigenvalue weighted by Gasteiger charge is -2.06. The van der Waals surface area contributed by atoms with Crippen molar-refractivity contribution in [3.8, 4) is 0 Å². The van der Waals surface area contributed by atoms with Crippen LogP contribution in [0.15, 0.2) is 58.8 Å². The van der Waals surface area contributed by atoms with Crippen molar-refractivity contribution in [2.24, 2.45) is 5.10 Å². The van der Waals surface area contributed by atoms with E-state index in [9.17, 15) is 14.9 Å². The molecule has 3 aromatic rings. The van der Waals surface area contributed by atoms with Crippen molar-refractivity contribution in [2.75, 3.05) is 0 Å². The van der Waals surface area contributed by atoms with Gasteiger partial charge in [0.1, 0.15) is 0 Å². The Hall–Kier alpha value is -3.59. The number of hydrogen-bond acceptors (Lipinski definition) is 7. The van der Waals surface area contributed by atoms with Crippen LogP contribution in [0.5, 0.6) is 0 Å². The molecule has 0 aliphatic carbocycles. The number of aryl methyl sites for hydroxylation is 3. The minimum absolute atomic E-state index is 0.0167. The molecule has 0 aliphatic heterocycles. The molecule has 0 saturated heterocycles. The Morgan fingerprint density at radius 3 is 2.28 bits per heavy atom. The van der Waals surface area contributed by atoms with Gasteiger partial charge in [-0.2, -0.15) is 5.10 Å². The Balaban J connectivity index is 1.62. The molecule has 0 saturated carbocycles. The summed E-state index contributed by atoms with van der Waals surface area (Å²) >= 11 is 1.54. The van der Waals surface area contributed by atoms with Crippen molar-refractivity contribution in [2.45, 2.75) is 38.6 Å². The number of carbonyl (C=O) groups excluding carboxylic acids is 1. The van der Waals surface area contributed by atoms with E-state index in [0.29, 0.717) is 28.2 Å². The Kier molecular flexibility index (Phi) is 7.32. The van der Waals surface area contributed by atoms with Gasteiger partial charge < -0.3 is 0 Å². The molecule has 0 aliphatic rings. The number of benzene rings is 2. The molecule has 2 aromatic carbocycles. The van der Waals surface area contributed by atoms with Crippen LogP contribution in [0.25, 0.3) is 0 Å². The number of thioether (sulfide) groups is 1. The van der Waals surface area contributed by atoms with Gasteiger partial charge in [-0.05, 0) is 51.5 Å². The van der Waals surface area contributed by atoms with Crippen LogP contribution in [-0.4, -0.2) is 26.5 Å². The molecule has 0 atom stereocenters. The van der Waals surface area contributed by atoms with Gasteiger partial charge in [0, 0.05) is 39.9 Å². The highest BCUT2D eigenvalue weighted by molar-refractivity contribution is 7.98. The van der Waals surface area contributed by atoms with Gasteiger partial charge in [0.25, 0.3) is 11.6 Å². The van der Waals surface area contributed by atoms with Crippen LogP contribution < -0.4 is 5.43 Å². The molecule has 0 bridgehead atoms. The molecule has 0 spiro atoms. The van der Waals surface area contributed by atoms with Gasteiger partial charge in [0.15, 0.2) is 5.16 Å². The van der Waals surface area contributed by atoms with Crippen LogP contribution in [0.1, 0.15) is 45.4 Å². The first kappa shape index (κ1) is 23.1. The summed E-state index contributed by atoms with van der Waals surface area (Å²) in [5.74, 6) is 0.330. The van der Waals surface area contributed by atoms with Gasteiger partial charge in [0.05, 0.1) is 10.6 Å². The van der Waals surface area contributed by atoms with Gasteiger partial charge in [-0.1, -0.05) is 36.0 Å². The van der Waals surface area contributed by atoms with E-state index in [1.807, 2.05) is 32.0 Å². The van der Waals surface area contributed by atoms with E-state index in [2.05, 4.69) is 20.5 Å². The quantitative estimate of drug-likeness (QED) is 0.183. The predicted octanol–water partition coefficient (Wildman–Crippen LogP) is 4.76. The van der Waals surface area contributed by atoms with Gasteiger partial charge in [-0.3, -0.25) is 14.9 Å². The van der Waals surface area contributed by atoms with Crippen molar-refractivity contribution >= 4 is 29.1 Å². The highest BCUT2D eigenvalue weighted by Crippen LogP contribution is 2.21. The summed E-state index contributed by atoms with van der Waals surface area (Å²) in [7, 11) is 0. The molecule has 3 rings (SSSR count). The number of nitro benzene ring substituents is 1. The summed E-state index contributed by atoms with van der Waals surface area (Å²) in [5, 5.41) is 15.9. The molecule has 0 unspecified atom stereocenters. The predicted molar refractivity (Wildman–Crippen MR) is 125 cm³/mol. The molecule has 9 heteroatoms. The largest absolute Gasteiger partial charge is 0.272 e. The Morgan fingerprint density at radius 1 is 1.03 bits per heavy atom. The van der Waals surface area contributed by atoms with Crippen molar-refractivity contribution in [1.29, 1.82) is 0 Å². The topological polar surface area (TPSA) is 110 Å². The van der Waals surface area contributed by atoms with Crippen molar-refractivity contribution in [1.82, 2.24) is 15.4 Å². The van der Waals surface area contributed by atoms with E-state index in [0.717, 1.165) is 22.1 Å². The molecule has 1 amide bonds. The smallest absolute Gasteiger partial charge is 0.267 e. The first-order valence-electron chi connectivity index (χ1n) is 9.87. The lowest BCUT2D eigenvalue weighted by Crippen LogP contribution is -2.19. The fourth-order valence-electron chi connectivity index (χ4n) is 2.95. The molecule has 0 radical (unpaired) electrons. The average Bonchev–Trinajstić information content (AvgIpc) is 2.75. The number of nitrogens with zero attached hydrogens (tertiary/aromatic N) is 4. The summed E-state index contributed by atoms with van der Waals surface area (Å²) in [6, 6.07) is 14.0. The standard InChI is InChI=1S/C23H23N5O3S/c1-14-5-8-20(12-21(14)28(30)31)17(4)26-27-22(29)19-9-6-18(7-10-19)13-32-23-24-15(2)11-16(3)25-23/h5-12H,13H2,1-4H3,(H,27,29)/b26-17-. The second-order valence-electron chi connectivity index (χ2n) is 7.32. The second-order valence-corrected chi connectivity index (χ2v) is 8.26. The van der Waals surface area contributed by atoms with E-state index in [-0.39, 0.29) is 11.6 Å². The van der Waals surface area contributed by atoms with Crippen LogP contribution in [0.2, 0.25) is 0 Å². The van der Waals surface area contributed by atoms with Gasteiger partial charge in [-0.15, -0.1) is 0 Å². The highest BCUT2D eigenvalue weighted by atomic mass is 32.2. The SMILES string of the molecule is C/C(=N/NC(=O)c1ccc(CSc2nc(C)cc(C)n2)cc1)c1ccc(C)c([N+](=O)[O-])c1. The van der Waals surface area contributed by atoms with Crippen LogP contribution in [-0.2, 0) is 5.75 Å². The zero-order valence-electron chi connectivity index (χ0n) is 18.2. The van der Waals surface area contributed by atoms with Gasteiger partial charge in [0.2, 0.25) is 0 Å². The zero-order valence-corrected chi connectivity index (χ0v) is 19.1. The van der Waals surface area contributed by atoms with Crippen LogP contribution in [0.4, 0.5) is 5.69 Å². The van der Waals surface area contributed by atoms with Crippen molar-refractivity contribution < 1.29 is 9.72 Å². The van der Waals surface area contributed by atoms with Crippen LogP contribution in [0.3, 0.4) is 0 Å². The van der Waals surface area contributed by atoms with E-state index < -0.39 is 4.92 Å². The van der Waals surface area contributed by atoms with Crippen LogP contribution >= 0.6 is 11.8 Å². The summed E-state index contributed by atoms with van der Waals surface area (Å²) in [6.07, 6.45) is 0. The van der Waals surface area contributed by atoms with Gasteiger partial charge >= 0.3 is 0 Å². The lowest BCUT2D eigenvalue weighted by molar-refractivity contribution is -0.385. The molecule has 32 heavy (non-hydrogen) atoms. The maximum atomic E-state index is 12.4. The molecular formula is C23H23N5O3S. The zero-order chi connectivity index (χ0) is 23.3. The van der Waals surface area contributed by atoms with E-state index in [1.165, 1.54) is 17.8 Å². The average molecular weight is 450 g/mol. The third-order valence-electron chi connectivity index (χ3n) is 4.69. The minimum atomic E-state index is -0.434. The Bertz CT molecular complexity index is 1170. The summed E-state index contributed by atoms with van der Waals surface area (Å²) in [6.45, 7) is 7.24. The van der Waals surface area contributed by atoms with Gasteiger partial charge in [-0.25, -0.2) is 15.4 Å². The maximum absolute atomic E-state index is 12.4. The molecule has 164 valence electrons. The highest BCUT2D eigenvalue weighted by Gasteiger charge is 2.13. The van der Waals surface area contributed by atoms with Crippen LogP contribution in [0, 0.1) is 30.9 Å². The molecule has 1 aromatic heterocycles. The third kappa shape index (κ3) is 5.98. The maximum Gasteiger partial charge on any atom is 0.272 e. The summed E-state index contributed by atoms with van der Waals surface area (Å²) in [4.78, 5) is 31.9. The summed E-state index contributed by atoms with van der Waals surface area (Å²) in [5.41, 5.74) is 7.51. The molecule has 1 heterocycles. The van der Waals surface area contributed by atoms with E-state index in [1.54, 1.807) is 38.1 Å². The fraction of sp³-hybridized carbons (Fsp3) is 0.217. The molecule has 1 N–H and O–H groups in total. The number of amides is 1. The third-order valence-corrected chi connectivity index (χ3v) is 5.61. The number of nitro groups is 1. The first-order valence-corrected chi connectivity index (χ1v) is 10.9. The second kappa shape index (κ2) is 10.1. The number of carbonyl (C=O) groups is 1. The number of rotatable bonds is 7. The number of hydrogen-bond donors (Lipinski definition) is 1. The molecule has 8 nitrogen and oxygen atoms in total. The summed E-state index contributed by atoms with van der Waals surface area (Å²) < 4.78 is 0. The minimum Gasteiger partial charge on any atom is -0.267 e. The lowest BCUT2D eigenvalue weighted by atomic mass is 10.1. The number of aromatic nitrogens is 2. The Morgan fingerprint density at radius 2 is 1.66 bits per heavy atom. The first-order chi connectivity index (χ1) is 15.2. The molecular weight excluding hydrogens is 426 g/mol. The number of hydrazone groups is 1. The van der Waals surface area contributed by atoms with E-state index >= 15 is 0 Å². The number of nitrogens with one attached hydrogen (secondary N) is 1. The van der Waals surface area contributed by atoms with Crippen molar-refractivity contribution in [3.63, 3.8) is 0 Å².